The van der Waals surface area contributed by atoms with E-state index in [9.17, 15) is 9.59 Å². The fraction of sp³-hybridized carbons (Fsp3) is 0.333. The molecule has 1 aromatic carbocycles. The van der Waals surface area contributed by atoms with Crippen LogP contribution in [0, 0.1) is 0 Å². The molecule has 0 atom stereocenters. The van der Waals surface area contributed by atoms with Gasteiger partial charge in [0, 0.05) is 13.0 Å². The third kappa shape index (κ3) is 2.22. The zero-order valence-corrected chi connectivity index (χ0v) is 9.56. The van der Waals surface area contributed by atoms with Crippen molar-refractivity contribution < 1.29 is 9.90 Å². The number of aromatic amines is 1. The summed E-state index contributed by atoms with van der Waals surface area (Å²) in [7, 11) is 0. The van der Waals surface area contributed by atoms with Crippen LogP contribution < -0.4 is 5.56 Å². The summed E-state index contributed by atoms with van der Waals surface area (Å²) in [6.07, 6.45) is 0.528. The molecular weight excluding hydrogens is 220 g/mol. The van der Waals surface area contributed by atoms with Crippen molar-refractivity contribution in [2.75, 3.05) is 0 Å². The lowest BCUT2D eigenvalue weighted by Gasteiger charge is -1.97. The Hall–Kier alpha value is -2.04. The van der Waals surface area contributed by atoms with E-state index in [0.29, 0.717) is 18.4 Å². The summed E-state index contributed by atoms with van der Waals surface area (Å²) in [5.74, 6) is -0.829. The molecule has 1 heterocycles. The van der Waals surface area contributed by atoms with E-state index in [0.717, 1.165) is 11.1 Å². The summed E-state index contributed by atoms with van der Waals surface area (Å²) in [6, 6.07) is 5.44. The minimum Gasteiger partial charge on any atom is -0.481 e. The number of carboxylic acids is 1. The van der Waals surface area contributed by atoms with Gasteiger partial charge in [0.25, 0.3) is 5.56 Å². The molecule has 0 aliphatic heterocycles. The topological polar surface area (TPSA) is 75.1 Å². The number of hydrogen-bond acceptors (Lipinski definition) is 2. The Balaban J connectivity index is 2.39. The monoisotopic (exact) mass is 234 g/mol. The van der Waals surface area contributed by atoms with Gasteiger partial charge in [-0.2, -0.15) is 0 Å². The number of H-pyrrole nitrogens is 1. The average Bonchev–Trinajstić information content (AvgIpc) is 2.63. The van der Waals surface area contributed by atoms with E-state index < -0.39 is 5.97 Å². The molecule has 2 N–H and O–H groups in total. The molecule has 2 aromatic rings. The Labute approximate surface area is 97.7 Å². The zero-order valence-electron chi connectivity index (χ0n) is 9.56. The van der Waals surface area contributed by atoms with Gasteiger partial charge in [0.2, 0.25) is 0 Å². The van der Waals surface area contributed by atoms with E-state index in [1.165, 1.54) is 4.68 Å². The number of hydrogen-bond donors (Lipinski definition) is 2. The van der Waals surface area contributed by atoms with Crippen LogP contribution in [0.2, 0.25) is 0 Å². The number of carboxylic acid groups (broad SMARTS) is 1. The smallest absolute Gasteiger partial charge is 0.303 e. The number of carbonyl (C=O) groups is 1. The summed E-state index contributed by atoms with van der Waals surface area (Å²) in [4.78, 5) is 22.3. The van der Waals surface area contributed by atoms with Crippen molar-refractivity contribution in [1.29, 1.82) is 0 Å². The second-order valence-corrected chi connectivity index (χ2v) is 3.93. The van der Waals surface area contributed by atoms with E-state index in [-0.39, 0.29) is 12.0 Å². The Bertz CT molecular complexity index is 610. The largest absolute Gasteiger partial charge is 0.481 e. The van der Waals surface area contributed by atoms with Gasteiger partial charge < -0.3 is 5.11 Å². The number of aryl methyl sites for hydroxylation is 2. The maximum Gasteiger partial charge on any atom is 0.303 e. The van der Waals surface area contributed by atoms with Gasteiger partial charge in [-0.15, -0.1) is 0 Å². The first-order chi connectivity index (χ1) is 8.11. The molecule has 0 unspecified atom stereocenters. The molecule has 5 heteroatoms. The quantitative estimate of drug-likeness (QED) is 0.838. The van der Waals surface area contributed by atoms with Crippen LogP contribution >= 0.6 is 0 Å². The Morgan fingerprint density at radius 2 is 2.24 bits per heavy atom. The molecule has 0 radical (unpaired) electrons. The second-order valence-electron chi connectivity index (χ2n) is 3.93. The predicted octanol–water partition coefficient (Wildman–Crippen LogP) is 1.37. The van der Waals surface area contributed by atoms with Gasteiger partial charge in [0.15, 0.2) is 0 Å². The highest BCUT2D eigenvalue weighted by molar-refractivity contribution is 5.78. The fourth-order valence-corrected chi connectivity index (χ4v) is 1.84. The first kappa shape index (κ1) is 11.4. The van der Waals surface area contributed by atoms with Crippen LogP contribution in [0.4, 0.5) is 0 Å². The van der Waals surface area contributed by atoms with Crippen LogP contribution in [0.1, 0.15) is 18.9 Å². The molecule has 0 amide bonds. The third-order valence-electron chi connectivity index (χ3n) is 2.76. The van der Waals surface area contributed by atoms with Crippen LogP contribution in [-0.4, -0.2) is 20.9 Å². The molecule has 0 saturated carbocycles. The molecule has 0 fully saturated rings. The van der Waals surface area contributed by atoms with Gasteiger partial charge >= 0.3 is 5.97 Å². The Morgan fingerprint density at radius 1 is 1.47 bits per heavy atom. The van der Waals surface area contributed by atoms with E-state index >= 15 is 0 Å². The minimum absolute atomic E-state index is 0.0559. The van der Waals surface area contributed by atoms with Crippen molar-refractivity contribution in [3.8, 4) is 0 Å². The normalized spacial score (nSPS) is 10.9. The number of aliphatic carboxylic acids is 1. The van der Waals surface area contributed by atoms with Gasteiger partial charge in [-0.3, -0.25) is 19.4 Å². The Morgan fingerprint density at radius 3 is 2.88 bits per heavy atom. The molecule has 5 nitrogen and oxygen atoms in total. The van der Waals surface area contributed by atoms with Crippen LogP contribution in [-0.2, 0) is 17.8 Å². The summed E-state index contributed by atoms with van der Waals surface area (Å²) >= 11 is 0. The average molecular weight is 234 g/mol. The number of nitrogens with zero attached hydrogens (tertiary/aromatic N) is 1. The van der Waals surface area contributed by atoms with Crippen molar-refractivity contribution in [2.24, 2.45) is 0 Å². The minimum atomic E-state index is -0.829. The molecule has 0 aliphatic carbocycles. The second kappa shape index (κ2) is 4.45. The zero-order chi connectivity index (χ0) is 12.4. The van der Waals surface area contributed by atoms with Gasteiger partial charge in [-0.25, -0.2) is 0 Å². The molecule has 0 bridgehead atoms. The van der Waals surface area contributed by atoms with Gasteiger partial charge in [-0.1, -0.05) is 6.07 Å². The van der Waals surface area contributed by atoms with E-state index in [2.05, 4.69) is 5.10 Å². The third-order valence-corrected chi connectivity index (χ3v) is 2.76. The van der Waals surface area contributed by atoms with Crippen LogP contribution in [0.25, 0.3) is 10.9 Å². The number of fused-ring (bicyclic) bond motifs is 1. The highest BCUT2D eigenvalue weighted by Gasteiger charge is 2.07. The summed E-state index contributed by atoms with van der Waals surface area (Å²) in [5.41, 5.74) is 1.61. The summed E-state index contributed by atoms with van der Waals surface area (Å²) < 4.78 is 1.53. The number of rotatable bonds is 4. The Kier molecular flexibility index (Phi) is 2.99. The lowest BCUT2D eigenvalue weighted by atomic mass is 10.1. The van der Waals surface area contributed by atoms with Crippen LogP contribution in [0.3, 0.4) is 0 Å². The standard InChI is InChI=1S/C12H14N2O3/c1-2-14-12(17)9-7-8(4-6-11(15)16)3-5-10(9)13-14/h3,5,7,13H,2,4,6H2,1H3,(H,15,16). The summed E-state index contributed by atoms with van der Waals surface area (Å²) in [6.45, 7) is 2.49. The number of nitrogens with one attached hydrogen (secondary N) is 1. The molecule has 0 spiro atoms. The highest BCUT2D eigenvalue weighted by Crippen LogP contribution is 2.12. The first-order valence-corrected chi connectivity index (χ1v) is 5.55. The first-order valence-electron chi connectivity index (χ1n) is 5.55. The van der Waals surface area contributed by atoms with Gasteiger partial charge in [-0.05, 0) is 31.0 Å². The summed E-state index contributed by atoms with van der Waals surface area (Å²) in [5, 5.41) is 12.2. The number of benzene rings is 1. The van der Waals surface area contributed by atoms with Gasteiger partial charge in [0.05, 0.1) is 10.9 Å². The fourth-order valence-electron chi connectivity index (χ4n) is 1.84. The van der Waals surface area contributed by atoms with Crippen molar-refractivity contribution >= 4 is 16.9 Å². The lowest BCUT2D eigenvalue weighted by molar-refractivity contribution is -0.136. The van der Waals surface area contributed by atoms with Gasteiger partial charge in [0.1, 0.15) is 0 Å². The van der Waals surface area contributed by atoms with Crippen molar-refractivity contribution in [2.45, 2.75) is 26.3 Å². The maximum absolute atomic E-state index is 11.9. The van der Waals surface area contributed by atoms with Crippen molar-refractivity contribution in [3.63, 3.8) is 0 Å². The SMILES string of the molecule is CCn1[nH]c2ccc(CCC(=O)O)cc2c1=O. The molecule has 0 aliphatic rings. The molecule has 2 rings (SSSR count). The van der Waals surface area contributed by atoms with Crippen LogP contribution in [0.15, 0.2) is 23.0 Å². The van der Waals surface area contributed by atoms with Crippen LogP contribution in [0.5, 0.6) is 0 Å². The maximum atomic E-state index is 11.9. The van der Waals surface area contributed by atoms with E-state index in [1.54, 1.807) is 6.07 Å². The molecule has 90 valence electrons. The molecular formula is C12H14N2O3. The lowest BCUT2D eigenvalue weighted by Crippen LogP contribution is -2.14. The van der Waals surface area contributed by atoms with Crippen molar-refractivity contribution in [1.82, 2.24) is 9.78 Å². The van der Waals surface area contributed by atoms with E-state index in [1.807, 2.05) is 19.1 Å². The highest BCUT2D eigenvalue weighted by atomic mass is 16.4. The molecule has 0 saturated heterocycles. The van der Waals surface area contributed by atoms with E-state index in [4.69, 9.17) is 5.11 Å². The molecule has 17 heavy (non-hydrogen) atoms. The molecule has 1 aromatic heterocycles. The van der Waals surface area contributed by atoms with Crippen molar-refractivity contribution in [3.05, 3.63) is 34.1 Å². The predicted molar refractivity (Wildman–Crippen MR) is 64.2 cm³/mol. The number of aromatic nitrogens is 2.